The molecule has 1 aliphatic heterocycles. The van der Waals surface area contributed by atoms with Gasteiger partial charge in [-0.1, -0.05) is 17.3 Å². The molecule has 1 atom stereocenters. The number of benzene rings is 1. The zero-order valence-corrected chi connectivity index (χ0v) is 13.8. The first-order valence-electron chi connectivity index (χ1n) is 8.47. The molecule has 2 aromatic heterocycles. The minimum absolute atomic E-state index is 0.0595. The van der Waals surface area contributed by atoms with Crippen LogP contribution in [0, 0.1) is 12.8 Å². The number of aromatic nitrogens is 3. The van der Waals surface area contributed by atoms with Crippen LogP contribution in [-0.4, -0.2) is 28.3 Å². The zero-order chi connectivity index (χ0) is 16.4. The predicted octanol–water partition coefficient (Wildman–Crippen LogP) is 3.12. The van der Waals surface area contributed by atoms with E-state index in [1.807, 2.05) is 13.1 Å². The Morgan fingerprint density at radius 1 is 1.29 bits per heavy atom. The maximum absolute atomic E-state index is 5.50. The van der Waals surface area contributed by atoms with E-state index in [1.54, 1.807) is 0 Å². The first kappa shape index (κ1) is 15.4. The number of nitrogens with one attached hydrogen (secondary N) is 2. The number of nitrogens with zero attached hydrogens (tertiary/aromatic N) is 2. The standard InChI is InChI=1S/C18H22N4O2/c1-12-21-18(24-22-12)17(13-6-9-23-10-7-13)20-11-14-3-2-4-16-15(14)5-8-19-16/h2-5,8,13,17,19-20H,6-7,9-11H2,1H3. The molecule has 0 bridgehead atoms. The van der Waals surface area contributed by atoms with Crippen molar-refractivity contribution in [3.63, 3.8) is 0 Å². The summed E-state index contributed by atoms with van der Waals surface area (Å²) in [4.78, 5) is 7.72. The van der Waals surface area contributed by atoms with Crippen molar-refractivity contribution in [1.82, 2.24) is 20.4 Å². The Morgan fingerprint density at radius 3 is 2.96 bits per heavy atom. The van der Waals surface area contributed by atoms with Crippen molar-refractivity contribution < 1.29 is 9.26 Å². The SMILES string of the molecule is Cc1noc(C(NCc2cccc3[nH]ccc23)C2CCOCC2)n1. The summed E-state index contributed by atoms with van der Waals surface area (Å²) in [7, 11) is 0. The Balaban J connectivity index is 1.56. The largest absolute Gasteiger partial charge is 0.381 e. The quantitative estimate of drug-likeness (QED) is 0.753. The summed E-state index contributed by atoms with van der Waals surface area (Å²) in [5, 5.41) is 8.87. The van der Waals surface area contributed by atoms with E-state index < -0.39 is 0 Å². The monoisotopic (exact) mass is 326 g/mol. The number of ether oxygens (including phenoxy) is 1. The van der Waals surface area contributed by atoms with Crippen LogP contribution < -0.4 is 5.32 Å². The van der Waals surface area contributed by atoms with Gasteiger partial charge in [-0.05, 0) is 43.4 Å². The number of aryl methyl sites for hydroxylation is 1. The van der Waals surface area contributed by atoms with Crippen LogP contribution in [0.3, 0.4) is 0 Å². The first-order valence-corrected chi connectivity index (χ1v) is 8.47. The Kier molecular flexibility index (Phi) is 4.32. The van der Waals surface area contributed by atoms with Crippen LogP contribution in [0.4, 0.5) is 0 Å². The topological polar surface area (TPSA) is 76.0 Å². The van der Waals surface area contributed by atoms with Gasteiger partial charge in [0.1, 0.15) is 0 Å². The van der Waals surface area contributed by atoms with E-state index in [-0.39, 0.29) is 6.04 Å². The molecule has 1 fully saturated rings. The molecular weight excluding hydrogens is 304 g/mol. The second kappa shape index (κ2) is 6.75. The molecule has 0 aliphatic carbocycles. The van der Waals surface area contributed by atoms with Gasteiger partial charge < -0.3 is 19.6 Å². The normalized spacial score (nSPS) is 17.4. The molecule has 0 spiro atoms. The van der Waals surface area contributed by atoms with E-state index >= 15 is 0 Å². The van der Waals surface area contributed by atoms with Crippen molar-refractivity contribution in [2.75, 3.05) is 13.2 Å². The molecule has 3 aromatic rings. The third kappa shape index (κ3) is 3.07. The van der Waals surface area contributed by atoms with Crippen LogP contribution in [0.1, 0.15) is 36.2 Å². The number of rotatable bonds is 5. The molecule has 3 heterocycles. The minimum Gasteiger partial charge on any atom is -0.381 e. The molecule has 6 nitrogen and oxygen atoms in total. The van der Waals surface area contributed by atoms with Gasteiger partial charge in [-0.15, -0.1) is 0 Å². The average molecular weight is 326 g/mol. The first-order chi connectivity index (χ1) is 11.8. The van der Waals surface area contributed by atoms with Crippen LogP contribution >= 0.6 is 0 Å². The number of hydrogen-bond donors (Lipinski definition) is 2. The van der Waals surface area contributed by atoms with Crippen molar-refractivity contribution in [2.45, 2.75) is 32.4 Å². The Hall–Kier alpha value is -2.18. The summed E-state index contributed by atoms with van der Waals surface area (Å²) >= 11 is 0. The third-order valence-electron chi connectivity index (χ3n) is 4.74. The number of hydrogen-bond acceptors (Lipinski definition) is 5. The molecule has 4 rings (SSSR count). The third-order valence-corrected chi connectivity index (χ3v) is 4.74. The van der Waals surface area contributed by atoms with Gasteiger partial charge in [0, 0.05) is 36.9 Å². The van der Waals surface area contributed by atoms with E-state index in [0.29, 0.717) is 17.6 Å². The summed E-state index contributed by atoms with van der Waals surface area (Å²) in [6.45, 7) is 4.21. The van der Waals surface area contributed by atoms with Gasteiger partial charge in [-0.2, -0.15) is 4.98 Å². The number of H-pyrrole nitrogens is 1. The molecule has 1 unspecified atom stereocenters. The summed E-state index contributed by atoms with van der Waals surface area (Å²) in [6, 6.07) is 8.51. The van der Waals surface area contributed by atoms with E-state index in [1.165, 1.54) is 10.9 Å². The fraction of sp³-hybridized carbons (Fsp3) is 0.444. The summed E-state index contributed by atoms with van der Waals surface area (Å²) in [5.74, 6) is 1.81. The Bertz CT molecular complexity index is 804. The lowest BCUT2D eigenvalue weighted by Gasteiger charge is -2.28. The summed E-state index contributed by atoms with van der Waals surface area (Å²) in [5.41, 5.74) is 2.42. The van der Waals surface area contributed by atoms with Gasteiger partial charge in [-0.3, -0.25) is 0 Å². The van der Waals surface area contributed by atoms with E-state index in [2.05, 4.69) is 44.7 Å². The lowest BCUT2D eigenvalue weighted by Crippen LogP contribution is -2.32. The van der Waals surface area contributed by atoms with Crippen molar-refractivity contribution in [3.8, 4) is 0 Å². The van der Waals surface area contributed by atoms with Gasteiger partial charge in [0.25, 0.3) is 0 Å². The lowest BCUT2D eigenvalue weighted by atomic mass is 9.91. The maximum Gasteiger partial charge on any atom is 0.244 e. The van der Waals surface area contributed by atoms with E-state index in [9.17, 15) is 0 Å². The molecule has 24 heavy (non-hydrogen) atoms. The van der Waals surface area contributed by atoms with E-state index in [4.69, 9.17) is 9.26 Å². The molecule has 6 heteroatoms. The predicted molar refractivity (Wildman–Crippen MR) is 90.5 cm³/mol. The van der Waals surface area contributed by atoms with Crippen molar-refractivity contribution in [3.05, 3.63) is 47.7 Å². The molecule has 1 aromatic carbocycles. The van der Waals surface area contributed by atoms with Gasteiger partial charge >= 0.3 is 0 Å². The van der Waals surface area contributed by atoms with Gasteiger partial charge in [0.15, 0.2) is 5.82 Å². The molecule has 126 valence electrons. The van der Waals surface area contributed by atoms with E-state index in [0.717, 1.165) is 38.1 Å². The highest BCUT2D eigenvalue weighted by atomic mass is 16.5. The van der Waals surface area contributed by atoms with Gasteiger partial charge in [0.2, 0.25) is 5.89 Å². The molecular formula is C18H22N4O2. The minimum atomic E-state index is 0.0595. The van der Waals surface area contributed by atoms with Crippen molar-refractivity contribution >= 4 is 10.9 Å². The van der Waals surface area contributed by atoms with Crippen LogP contribution in [0.2, 0.25) is 0 Å². The Labute approximate surface area is 140 Å². The fourth-order valence-corrected chi connectivity index (χ4v) is 3.47. The number of aromatic amines is 1. The fourth-order valence-electron chi connectivity index (χ4n) is 3.47. The smallest absolute Gasteiger partial charge is 0.244 e. The summed E-state index contributed by atoms with van der Waals surface area (Å²) in [6.07, 6.45) is 3.99. The molecule has 0 radical (unpaired) electrons. The summed E-state index contributed by atoms with van der Waals surface area (Å²) < 4.78 is 11.0. The highest BCUT2D eigenvalue weighted by Gasteiger charge is 2.29. The maximum atomic E-state index is 5.50. The molecule has 2 N–H and O–H groups in total. The van der Waals surface area contributed by atoms with Crippen LogP contribution in [0.5, 0.6) is 0 Å². The second-order valence-corrected chi connectivity index (χ2v) is 6.34. The van der Waals surface area contributed by atoms with Gasteiger partial charge in [0.05, 0.1) is 6.04 Å². The van der Waals surface area contributed by atoms with Crippen molar-refractivity contribution in [2.24, 2.45) is 5.92 Å². The van der Waals surface area contributed by atoms with Crippen LogP contribution in [0.15, 0.2) is 35.0 Å². The molecule has 0 amide bonds. The van der Waals surface area contributed by atoms with Crippen molar-refractivity contribution in [1.29, 1.82) is 0 Å². The highest BCUT2D eigenvalue weighted by molar-refractivity contribution is 5.82. The Morgan fingerprint density at radius 2 is 2.17 bits per heavy atom. The molecule has 0 saturated carbocycles. The molecule has 1 saturated heterocycles. The average Bonchev–Trinajstić information content (AvgIpc) is 3.25. The lowest BCUT2D eigenvalue weighted by molar-refractivity contribution is 0.0485. The highest BCUT2D eigenvalue weighted by Crippen LogP contribution is 2.30. The van der Waals surface area contributed by atoms with Gasteiger partial charge in [-0.25, -0.2) is 0 Å². The zero-order valence-electron chi connectivity index (χ0n) is 13.8. The second-order valence-electron chi connectivity index (χ2n) is 6.34. The molecule has 1 aliphatic rings. The number of fused-ring (bicyclic) bond motifs is 1. The van der Waals surface area contributed by atoms with Crippen LogP contribution in [-0.2, 0) is 11.3 Å². The van der Waals surface area contributed by atoms with Crippen LogP contribution in [0.25, 0.3) is 10.9 Å².